The Kier molecular flexibility index (Phi) is 5.14. The van der Waals surface area contributed by atoms with Crippen LogP contribution in [0.3, 0.4) is 0 Å². The van der Waals surface area contributed by atoms with E-state index in [0.29, 0.717) is 17.0 Å². The van der Waals surface area contributed by atoms with Crippen LogP contribution in [0, 0.1) is 13.8 Å². The molecule has 0 aliphatic heterocycles. The quantitative estimate of drug-likeness (QED) is 0.870. The van der Waals surface area contributed by atoms with Crippen LogP contribution in [-0.2, 0) is 10.0 Å². The Morgan fingerprint density at radius 3 is 2.21 bits per heavy atom. The summed E-state index contributed by atoms with van der Waals surface area (Å²) in [5.74, 6) is 0.0992. The van der Waals surface area contributed by atoms with Crippen molar-refractivity contribution in [3.63, 3.8) is 0 Å². The summed E-state index contributed by atoms with van der Waals surface area (Å²) in [6, 6.07) is 10.3. The number of rotatable bonds is 5. The lowest BCUT2D eigenvalue weighted by atomic mass is 10.1. The Hall–Kier alpha value is -2.54. The number of ether oxygens (including phenoxy) is 1. The molecule has 0 saturated carbocycles. The van der Waals surface area contributed by atoms with Gasteiger partial charge < -0.3 is 10.1 Å². The van der Waals surface area contributed by atoms with Crippen molar-refractivity contribution in [3.8, 4) is 5.75 Å². The Morgan fingerprint density at radius 1 is 1.04 bits per heavy atom. The molecule has 24 heavy (non-hydrogen) atoms. The molecule has 128 valence electrons. The lowest BCUT2D eigenvalue weighted by molar-refractivity contribution is 0.102. The van der Waals surface area contributed by atoms with Crippen molar-refractivity contribution in [1.29, 1.82) is 0 Å². The molecule has 2 aromatic rings. The van der Waals surface area contributed by atoms with Crippen molar-refractivity contribution in [3.05, 3.63) is 53.1 Å². The molecule has 7 heteroatoms. The number of hydrogen-bond acceptors (Lipinski definition) is 4. The van der Waals surface area contributed by atoms with E-state index in [4.69, 9.17) is 4.74 Å². The van der Waals surface area contributed by atoms with Crippen LogP contribution in [0.4, 0.5) is 11.4 Å². The zero-order valence-electron chi connectivity index (χ0n) is 14.0. The number of aryl methyl sites for hydroxylation is 2. The van der Waals surface area contributed by atoms with Crippen molar-refractivity contribution < 1.29 is 17.9 Å². The fourth-order valence-corrected chi connectivity index (χ4v) is 2.93. The molecule has 0 atom stereocenters. The summed E-state index contributed by atoms with van der Waals surface area (Å²) >= 11 is 0. The standard InChI is InChI=1S/C17H20N2O4S/c1-11-7-12(2)9-13(8-11)17(20)18-14-5-6-16(23-3)15(10-14)19-24(4,21)22/h5-10,19H,1-4H3,(H,18,20). The topological polar surface area (TPSA) is 84.5 Å². The zero-order valence-corrected chi connectivity index (χ0v) is 14.8. The summed E-state index contributed by atoms with van der Waals surface area (Å²) in [5.41, 5.74) is 3.26. The number of anilines is 2. The Labute approximate surface area is 141 Å². The molecule has 6 nitrogen and oxygen atoms in total. The molecular weight excluding hydrogens is 328 g/mol. The maximum absolute atomic E-state index is 12.4. The summed E-state index contributed by atoms with van der Waals surface area (Å²) in [6.45, 7) is 3.84. The van der Waals surface area contributed by atoms with Gasteiger partial charge in [-0.15, -0.1) is 0 Å². The number of amides is 1. The molecule has 0 unspecified atom stereocenters. The highest BCUT2D eigenvalue weighted by Gasteiger charge is 2.12. The second kappa shape index (κ2) is 6.92. The molecule has 2 aromatic carbocycles. The van der Waals surface area contributed by atoms with Crippen LogP contribution in [0.5, 0.6) is 5.75 Å². The smallest absolute Gasteiger partial charge is 0.255 e. The number of methoxy groups -OCH3 is 1. The van der Waals surface area contributed by atoms with E-state index in [9.17, 15) is 13.2 Å². The number of nitrogens with one attached hydrogen (secondary N) is 2. The predicted molar refractivity (Wildman–Crippen MR) is 95.3 cm³/mol. The predicted octanol–water partition coefficient (Wildman–Crippen LogP) is 2.94. The van der Waals surface area contributed by atoms with Gasteiger partial charge in [0.05, 0.1) is 19.1 Å². The maximum atomic E-state index is 12.4. The minimum Gasteiger partial charge on any atom is -0.495 e. The third-order valence-corrected chi connectivity index (χ3v) is 3.83. The SMILES string of the molecule is COc1ccc(NC(=O)c2cc(C)cc(C)c2)cc1NS(C)(=O)=O. The highest BCUT2D eigenvalue weighted by Crippen LogP contribution is 2.28. The molecule has 2 rings (SSSR count). The number of carbonyl (C=O) groups is 1. The Morgan fingerprint density at radius 2 is 1.67 bits per heavy atom. The van der Waals surface area contributed by atoms with Crippen molar-refractivity contribution in [1.82, 2.24) is 0 Å². The second-order valence-corrected chi connectivity index (χ2v) is 7.37. The van der Waals surface area contributed by atoms with Crippen LogP contribution < -0.4 is 14.8 Å². The van der Waals surface area contributed by atoms with Crippen LogP contribution in [-0.4, -0.2) is 27.7 Å². The highest BCUT2D eigenvalue weighted by molar-refractivity contribution is 7.92. The molecule has 0 aliphatic carbocycles. The minimum atomic E-state index is -3.46. The third kappa shape index (κ3) is 4.73. The molecule has 1 amide bonds. The van der Waals surface area contributed by atoms with Gasteiger partial charge in [-0.1, -0.05) is 17.2 Å². The minimum absolute atomic E-state index is 0.262. The van der Waals surface area contributed by atoms with Crippen LogP contribution in [0.1, 0.15) is 21.5 Å². The van der Waals surface area contributed by atoms with Crippen molar-refractivity contribution in [2.75, 3.05) is 23.4 Å². The molecule has 0 heterocycles. The lowest BCUT2D eigenvalue weighted by Crippen LogP contribution is -2.14. The molecule has 0 radical (unpaired) electrons. The van der Waals surface area contributed by atoms with Gasteiger partial charge in [-0.3, -0.25) is 9.52 Å². The van der Waals surface area contributed by atoms with E-state index in [1.165, 1.54) is 13.2 Å². The van der Waals surface area contributed by atoms with Gasteiger partial charge in [0.1, 0.15) is 5.75 Å². The van der Waals surface area contributed by atoms with E-state index in [0.717, 1.165) is 17.4 Å². The molecular formula is C17H20N2O4S. The Balaban J connectivity index is 2.29. The van der Waals surface area contributed by atoms with E-state index in [1.807, 2.05) is 19.9 Å². The normalized spacial score (nSPS) is 11.0. The number of sulfonamides is 1. The molecule has 2 N–H and O–H groups in total. The van der Waals surface area contributed by atoms with Crippen LogP contribution in [0.2, 0.25) is 0 Å². The molecule has 0 saturated heterocycles. The molecule has 0 fully saturated rings. The van der Waals surface area contributed by atoms with E-state index in [1.54, 1.807) is 24.3 Å². The number of benzene rings is 2. The zero-order chi connectivity index (χ0) is 17.9. The second-order valence-electron chi connectivity index (χ2n) is 5.62. The van der Waals surface area contributed by atoms with Gasteiger partial charge >= 0.3 is 0 Å². The largest absolute Gasteiger partial charge is 0.495 e. The van der Waals surface area contributed by atoms with E-state index in [2.05, 4.69) is 10.0 Å². The monoisotopic (exact) mass is 348 g/mol. The molecule has 0 aliphatic rings. The summed E-state index contributed by atoms with van der Waals surface area (Å²) in [6.07, 6.45) is 1.05. The van der Waals surface area contributed by atoms with Gasteiger partial charge in [-0.25, -0.2) is 8.42 Å². The van der Waals surface area contributed by atoms with E-state index >= 15 is 0 Å². The van der Waals surface area contributed by atoms with E-state index < -0.39 is 10.0 Å². The van der Waals surface area contributed by atoms with Crippen LogP contribution in [0.15, 0.2) is 36.4 Å². The molecule has 0 aromatic heterocycles. The van der Waals surface area contributed by atoms with E-state index in [-0.39, 0.29) is 11.6 Å². The van der Waals surface area contributed by atoms with Gasteiger partial charge in [-0.2, -0.15) is 0 Å². The average Bonchev–Trinajstić information content (AvgIpc) is 2.44. The van der Waals surface area contributed by atoms with Gasteiger partial charge in [0.15, 0.2) is 0 Å². The number of hydrogen-bond donors (Lipinski definition) is 2. The first-order chi connectivity index (χ1) is 11.2. The average molecular weight is 348 g/mol. The van der Waals surface area contributed by atoms with Gasteiger partial charge in [0.25, 0.3) is 5.91 Å². The summed E-state index contributed by atoms with van der Waals surface area (Å²) in [7, 11) is -2.02. The van der Waals surface area contributed by atoms with Crippen molar-refractivity contribution >= 4 is 27.3 Å². The fourth-order valence-electron chi connectivity index (χ4n) is 2.37. The first-order valence-electron chi connectivity index (χ1n) is 7.23. The maximum Gasteiger partial charge on any atom is 0.255 e. The molecule has 0 bridgehead atoms. The first kappa shape index (κ1) is 17.8. The van der Waals surface area contributed by atoms with Crippen molar-refractivity contribution in [2.24, 2.45) is 0 Å². The summed E-state index contributed by atoms with van der Waals surface area (Å²) in [4.78, 5) is 12.4. The number of carbonyl (C=O) groups excluding carboxylic acids is 1. The third-order valence-electron chi connectivity index (χ3n) is 3.24. The fraction of sp³-hybridized carbons (Fsp3) is 0.235. The highest BCUT2D eigenvalue weighted by atomic mass is 32.2. The molecule has 0 spiro atoms. The van der Waals surface area contributed by atoms with Gasteiger partial charge in [0, 0.05) is 11.3 Å². The summed E-state index contributed by atoms with van der Waals surface area (Å²) < 4.78 is 30.4. The first-order valence-corrected chi connectivity index (χ1v) is 9.12. The summed E-state index contributed by atoms with van der Waals surface area (Å²) in [5, 5.41) is 2.76. The lowest BCUT2D eigenvalue weighted by Gasteiger charge is -2.13. The van der Waals surface area contributed by atoms with Crippen molar-refractivity contribution in [2.45, 2.75) is 13.8 Å². The van der Waals surface area contributed by atoms with Gasteiger partial charge in [0.2, 0.25) is 10.0 Å². The Bertz CT molecular complexity index is 856. The van der Waals surface area contributed by atoms with Crippen LogP contribution >= 0.6 is 0 Å². The van der Waals surface area contributed by atoms with Gasteiger partial charge in [-0.05, 0) is 44.2 Å². The van der Waals surface area contributed by atoms with Crippen LogP contribution in [0.25, 0.3) is 0 Å².